The number of likely N-dealkylation sites (tertiary alicyclic amines) is 1. The average molecular weight is 447 g/mol. The maximum Gasteiger partial charge on any atom is 0.410 e. The van der Waals surface area contributed by atoms with Crippen molar-refractivity contribution in [3.63, 3.8) is 0 Å². The Morgan fingerprint density at radius 2 is 1.69 bits per heavy atom. The van der Waals surface area contributed by atoms with E-state index in [1.165, 1.54) is 20.0 Å². The number of carbonyl (C=O) groups excluding carboxylic acids is 2. The molecule has 2 saturated heterocycles. The Labute approximate surface area is 191 Å². The lowest BCUT2D eigenvalue weighted by Gasteiger charge is -2.37. The summed E-state index contributed by atoms with van der Waals surface area (Å²) in [7, 11) is 1.40. The Balaban J connectivity index is 1.70. The van der Waals surface area contributed by atoms with E-state index in [9.17, 15) is 9.59 Å². The van der Waals surface area contributed by atoms with Crippen LogP contribution >= 0.6 is 0 Å². The average Bonchev–Trinajstić information content (AvgIpc) is 3.27. The molecule has 0 bridgehead atoms. The summed E-state index contributed by atoms with van der Waals surface area (Å²) in [6.07, 6.45) is 2.27. The molecule has 1 amide bonds. The van der Waals surface area contributed by atoms with Crippen molar-refractivity contribution in [2.75, 3.05) is 69.7 Å². The summed E-state index contributed by atoms with van der Waals surface area (Å²) in [5, 5.41) is 3.53. The summed E-state index contributed by atoms with van der Waals surface area (Å²) in [6.45, 7) is 14.4. The van der Waals surface area contributed by atoms with Gasteiger partial charge in [-0.2, -0.15) is 0 Å². The number of methoxy groups -OCH3 is 1. The Bertz CT molecular complexity index is 807. The number of esters is 1. The van der Waals surface area contributed by atoms with Gasteiger partial charge in [-0.05, 0) is 71.3 Å². The van der Waals surface area contributed by atoms with Crippen LogP contribution in [0.5, 0.6) is 0 Å². The summed E-state index contributed by atoms with van der Waals surface area (Å²) >= 11 is 0. The van der Waals surface area contributed by atoms with Gasteiger partial charge in [0.05, 0.1) is 12.7 Å². The van der Waals surface area contributed by atoms with Crippen molar-refractivity contribution in [1.29, 1.82) is 0 Å². The molecule has 2 fully saturated rings. The van der Waals surface area contributed by atoms with Crippen LogP contribution in [0.15, 0.2) is 12.1 Å². The number of nitrogens with zero attached hydrogens (tertiary/aromatic N) is 3. The normalized spacial score (nSPS) is 17.4. The molecule has 0 radical (unpaired) electrons. The van der Waals surface area contributed by atoms with E-state index >= 15 is 0 Å². The quantitative estimate of drug-likeness (QED) is 0.672. The van der Waals surface area contributed by atoms with E-state index in [-0.39, 0.29) is 12.1 Å². The molecule has 0 saturated carbocycles. The van der Waals surface area contributed by atoms with Crippen LogP contribution in [0.3, 0.4) is 0 Å². The second-order valence-corrected chi connectivity index (χ2v) is 9.59. The second-order valence-electron chi connectivity index (χ2n) is 9.59. The largest absolute Gasteiger partial charge is 0.465 e. The summed E-state index contributed by atoms with van der Waals surface area (Å²) in [4.78, 5) is 31.2. The van der Waals surface area contributed by atoms with Crippen LogP contribution in [0.2, 0.25) is 0 Å². The van der Waals surface area contributed by atoms with Crippen molar-refractivity contribution >= 4 is 23.4 Å². The van der Waals surface area contributed by atoms with Crippen LogP contribution < -0.4 is 10.2 Å². The SMILES string of the molecule is COC(=O)c1cc(NCCN2CCCC2)c(C)c(N2CCN(C(=O)OC(C)(C)C)CC2)c1. The molecule has 8 nitrogen and oxygen atoms in total. The third-order valence-corrected chi connectivity index (χ3v) is 6.02. The minimum atomic E-state index is -0.505. The molecule has 0 unspecified atom stereocenters. The lowest BCUT2D eigenvalue weighted by atomic mass is 10.0. The summed E-state index contributed by atoms with van der Waals surface area (Å²) in [5.74, 6) is -0.346. The Morgan fingerprint density at radius 3 is 2.28 bits per heavy atom. The van der Waals surface area contributed by atoms with Gasteiger partial charge in [0, 0.05) is 50.6 Å². The number of anilines is 2. The Kier molecular flexibility index (Phi) is 7.87. The van der Waals surface area contributed by atoms with Gasteiger partial charge in [-0.25, -0.2) is 9.59 Å². The first-order valence-corrected chi connectivity index (χ1v) is 11.6. The van der Waals surface area contributed by atoms with Crippen molar-refractivity contribution < 1.29 is 19.1 Å². The predicted octanol–water partition coefficient (Wildman–Crippen LogP) is 3.35. The molecule has 0 aromatic heterocycles. The number of benzene rings is 1. The monoisotopic (exact) mass is 446 g/mol. The minimum absolute atomic E-state index is 0.276. The van der Waals surface area contributed by atoms with Crippen LogP contribution in [0.4, 0.5) is 16.2 Å². The van der Waals surface area contributed by atoms with E-state index in [0.29, 0.717) is 31.7 Å². The number of piperazine rings is 1. The highest BCUT2D eigenvalue weighted by molar-refractivity contribution is 5.93. The van der Waals surface area contributed by atoms with Crippen LogP contribution in [0.1, 0.15) is 49.5 Å². The third kappa shape index (κ3) is 6.28. The zero-order valence-corrected chi connectivity index (χ0v) is 20.2. The van der Waals surface area contributed by atoms with Crippen LogP contribution in [-0.2, 0) is 9.47 Å². The molecule has 1 aromatic carbocycles. The van der Waals surface area contributed by atoms with Crippen molar-refractivity contribution in [3.05, 3.63) is 23.3 Å². The van der Waals surface area contributed by atoms with E-state index in [1.54, 1.807) is 4.90 Å². The molecule has 0 spiro atoms. The highest BCUT2D eigenvalue weighted by Crippen LogP contribution is 2.30. The molecule has 1 N–H and O–H groups in total. The number of hydrogen-bond acceptors (Lipinski definition) is 7. The van der Waals surface area contributed by atoms with Gasteiger partial charge in [0.2, 0.25) is 0 Å². The first-order chi connectivity index (χ1) is 15.2. The topological polar surface area (TPSA) is 74.4 Å². The number of amides is 1. The van der Waals surface area contributed by atoms with Gasteiger partial charge in [0.1, 0.15) is 5.60 Å². The predicted molar refractivity (Wildman–Crippen MR) is 127 cm³/mol. The number of carbonyl (C=O) groups is 2. The molecular formula is C24H38N4O4. The van der Waals surface area contributed by atoms with E-state index in [2.05, 4.69) is 22.0 Å². The number of ether oxygens (including phenoxy) is 2. The summed E-state index contributed by atoms with van der Waals surface area (Å²) in [6, 6.07) is 3.78. The molecule has 0 aliphatic carbocycles. The molecule has 1 aromatic rings. The van der Waals surface area contributed by atoms with Crippen molar-refractivity contribution in [3.8, 4) is 0 Å². The molecule has 2 aliphatic heterocycles. The van der Waals surface area contributed by atoms with Crippen molar-refractivity contribution in [1.82, 2.24) is 9.80 Å². The molecule has 32 heavy (non-hydrogen) atoms. The molecule has 0 atom stereocenters. The van der Waals surface area contributed by atoms with Gasteiger partial charge in [0.15, 0.2) is 0 Å². The van der Waals surface area contributed by atoms with E-state index in [0.717, 1.165) is 43.1 Å². The van der Waals surface area contributed by atoms with Gasteiger partial charge < -0.3 is 29.5 Å². The zero-order chi connectivity index (χ0) is 23.3. The van der Waals surface area contributed by atoms with Crippen molar-refractivity contribution in [2.45, 2.75) is 46.1 Å². The Hall–Kier alpha value is -2.48. The first-order valence-electron chi connectivity index (χ1n) is 11.6. The first kappa shape index (κ1) is 24.2. The fourth-order valence-corrected chi connectivity index (χ4v) is 4.26. The zero-order valence-electron chi connectivity index (χ0n) is 20.2. The highest BCUT2D eigenvalue weighted by Gasteiger charge is 2.27. The second kappa shape index (κ2) is 10.4. The standard InChI is InChI=1S/C24H38N4O4/c1-18-20(25-8-11-26-9-6-7-10-26)16-19(22(29)31-5)17-21(18)27-12-14-28(15-13-27)23(30)32-24(2,3)4/h16-17,25H,6-15H2,1-5H3. The maximum atomic E-state index is 12.4. The lowest BCUT2D eigenvalue weighted by Crippen LogP contribution is -2.50. The van der Waals surface area contributed by atoms with Crippen molar-refractivity contribution in [2.24, 2.45) is 0 Å². The summed E-state index contributed by atoms with van der Waals surface area (Å²) < 4.78 is 10.5. The maximum absolute atomic E-state index is 12.4. The number of nitrogens with one attached hydrogen (secondary N) is 1. The number of rotatable bonds is 6. The molecule has 2 aliphatic rings. The fraction of sp³-hybridized carbons (Fsp3) is 0.667. The molecule has 2 heterocycles. The van der Waals surface area contributed by atoms with E-state index in [4.69, 9.17) is 9.47 Å². The lowest BCUT2D eigenvalue weighted by molar-refractivity contribution is 0.0240. The summed E-state index contributed by atoms with van der Waals surface area (Å²) in [5.41, 5.74) is 3.09. The molecule has 8 heteroatoms. The van der Waals surface area contributed by atoms with Gasteiger partial charge in [-0.15, -0.1) is 0 Å². The fourth-order valence-electron chi connectivity index (χ4n) is 4.26. The molecule has 3 rings (SSSR count). The van der Waals surface area contributed by atoms with E-state index < -0.39 is 5.60 Å². The van der Waals surface area contributed by atoms with Crippen LogP contribution in [-0.4, -0.2) is 86.9 Å². The van der Waals surface area contributed by atoms with Gasteiger partial charge >= 0.3 is 12.1 Å². The minimum Gasteiger partial charge on any atom is -0.465 e. The van der Waals surface area contributed by atoms with Gasteiger partial charge in [-0.1, -0.05) is 0 Å². The smallest absolute Gasteiger partial charge is 0.410 e. The van der Waals surface area contributed by atoms with Gasteiger partial charge in [-0.3, -0.25) is 0 Å². The highest BCUT2D eigenvalue weighted by atomic mass is 16.6. The third-order valence-electron chi connectivity index (χ3n) is 6.02. The molecular weight excluding hydrogens is 408 g/mol. The van der Waals surface area contributed by atoms with Crippen LogP contribution in [0, 0.1) is 6.92 Å². The van der Waals surface area contributed by atoms with Crippen LogP contribution in [0.25, 0.3) is 0 Å². The Morgan fingerprint density at radius 1 is 1.03 bits per heavy atom. The van der Waals surface area contributed by atoms with E-state index in [1.807, 2.05) is 32.9 Å². The number of hydrogen-bond donors (Lipinski definition) is 1. The molecule has 178 valence electrons. The van der Waals surface area contributed by atoms with Gasteiger partial charge in [0.25, 0.3) is 0 Å².